The molecule has 0 bridgehead atoms. The molecule has 5 rings (SSSR count). The highest BCUT2D eigenvalue weighted by Gasteiger charge is 2.28. The predicted octanol–water partition coefficient (Wildman–Crippen LogP) is 2.98. The van der Waals surface area contributed by atoms with Crippen molar-refractivity contribution in [3.8, 4) is 16.9 Å². The number of carbonyl (C=O) groups excluding carboxylic acids is 1. The van der Waals surface area contributed by atoms with Gasteiger partial charge in [0.1, 0.15) is 21.3 Å². The van der Waals surface area contributed by atoms with E-state index < -0.39 is 0 Å². The van der Waals surface area contributed by atoms with Gasteiger partial charge in [-0.1, -0.05) is 30.3 Å². The molecule has 156 valence electrons. The Kier molecular flexibility index (Phi) is 5.28. The molecule has 2 aliphatic rings. The van der Waals surface area contributed by atoms with Gasteiger partial charge in [0.15, 0.2) is 0 Å². The zero-order chi connectivity index (χ0) is 20.5. The number of pyridine rings is 1. The summed E-state index contributed by atoms with van der Waals surface area (Å²) in [4.78, 5) is 22.9. The first-order valence-electron chi connectivity index (χ1n) is 10.1. The lowest BCUT2D eigenvalue weighted by atomic mass is 10.0. The molecule has 0 atom stereocenters. The van der Waals surface area contributed by atoms with Gasteiger partial charge in [-0.25, -0.2) is 4.98 Å². The van der Waals surface area contributed by atoms with Crippen LogP contribution in [0.1, 0.15) is 9.67 Å². The number of amides is 1. The van der Waals surface area contributed by atoms with Crippen LogP contribution in [0.4, 0.5) is 5.82 Å². The number of hydrogen-bond donors (Lipinski definition) is 1. The fraction of sp³-hybridized carbons (Fsp3) is 0.364. The molecule has 30 heavy (non-hydrogen) atoms. The van der Waals surface area contributed by atoms with Crippen LogP contribution in [0.25, 0.3) is 21.3 Å². The Hall–Kier alpha value is -2.68. The van der Waals surface area contributed by atoms with Crippen molar-refractivity contribution in [2.75, 3.05) is 57.5 Å². The summed E-state index contributed by atoms with van der Waals surface area (Å²) in [5, 5.41) is 11.7. The third kappa shape index (κ3) is 3.51. The summed E-state index contributed by atoms with van der Waals surface area (Å²) < 4.78 is 10.8. The lowest BCUT2D eigenvalue weighted by Gasteiger charge is -2.28. The normalized spacial score (nSPS) is 17.5. The minimum atomic E-state index is -0.161. The molecule has 0 aliphatic carbocycles. The van der Waals surface area contributed by atoms with Crippen molar-refractivity contribution in [1.29, 1.82) is 0 Å². The monoisotopic (exact) mass is 425 g/mol. The molecule has 2 aliphatic heterocycles. The van der Waals surface area contributed by atoms with Gasteiger partial charge >= 0.3 is 0 Å². The highest BCUT2D eigenvalue weighted by atomic mass is 32.1. The average molecular weight is 426 g/mol. The molecular formula is C22H23N3O4S. The summed E-state index contributed by atoms with van der Waals surface area (Å²) >= 11 is 1.26. The Labute approximate surface area is 178 Å². The van der Waals surface area contributed by atoms with Crippen molar-refractivity contribution in [2.24, 2.45) is 0 Å². The van der Waals surface area contributed by atoms with Crippen molar-refractivity contribution < 1.29 is 19.4 Å². The lowest BCUT2D eigenvalue weighted by Crippen LogP contribution is -2.40. The van der Waals surface area contributed by atoms with Gasteiger partial charge in [0, 0.05) is 26.2 Å². The van der Waals surface area contributed by atoms with Gasteiger partial charge in [-0.05, 0) is 17.2 Å². The fourth-order valence-corrected chi connectivity index (χ4v) is 4.98. The van der Waals surface area contributed by atoms with Crippen molar-refractivity contribution in [3.05, 3.63) is 41.3 Å². The molecule has 4 heterocycles. The Morgan fingerprint density at radius 2 is 1.67 bits per heavy atom. The summed E-state index contributed by atoms with van der Waals surface area (Å²) in [5.74, 6) is 0.702. The second-order valence-electron chi connectivity index (χ2n) is 7.36. The molecule has 0 saturated carbocycles. The minimum absolute atomic E-state index is 0.0198. The van der Waals surface area contributed by atoms with Crippen molar-refractivity contribution in [2.45, 2.75) is 0 Å². The van der Waals surface area contributed by atoms with Crippen LogP contribution in [-0.2, 0) is 9.47 Å². The maximum atomic E-state index is 13.1. The van der Waals surface area contributed by atoms with E-state index >= 15 is 0 Å². The number of anilines is 1. The zero-order valence-electron chi connectivity index (χ0n) is 16.5. The van der Waals surface area contributed by atoms with Crippen LogP contribution in [0.5, 0.6) is 5.75 Å². The van der Waals surface area contributed by atoms with Gasteiger partial charge < -0.3 is 24.4 Å². The van der Waals surface area contributed by atoms with E-state index in [1.165, 1.54) is 11.3 Å². The molecule has 3 aromatic rings. The standard InChI is InChI=1S/C22H23N3O4S/c26-19-18-16(15-4-2-1-3-5-15)14-17(24-6-10-28-11-7-24)23-21(18)30-20(19)22(27)25-8-12-29-13-9-25/h1-5,14,26H,6-13H2. The SMILES string of the molecule is O=C(c1sc2nc(N3CCOCC3)cc(-c3ccccc3)c2c1O)N1CCOCC1. The Morgan fingerprint density at radius 1 is 1.00 bits per heavy atom. The van der Waals surface area contributed by atoms with Crippen LogP contribution in [0, 0.1) is 0 Å². The summed E-state index contributed by atoms with van der Waals surface area (Å²) in [6.07, 6.45) is 0. The van der Waals surface area contributed by atoms with Crippen LogP contribution in [0.15, 0.2) is 36.4 Å². The van der Waals surface area contributed by atoms with Gasteiger partial charge in [-0.3, -0.25) is 4.79 Å². The summed E-state index contributed by atoms with van der Waals surface area (Å²) in [7, 11) is 0. The topological polar surface area (TPSA) is 75.1 Å². The Balaban J connectivity index is 1.64. The number of thiophene rings is 1. The zero-order valence-corrected chi connectivity index (χ0v) is 17.4. The van der Waals surface area contributed by atoms with Crippen molar-refractivity contribution in [1.82, 2.24) is 9.88 Å². The molecule has 1 aromatic carbocycles. The predicted molar refractivity (Wildman–Crippen MR) is 116 cm³/mol. The van der Waals surface area contributed by atoms with E-state index in [4.69, 9.17) is 14.5 Å². The second kappa shape index (κ2) is 8.22. The second-order valence-corrected chi connectivity index (χ2v) is 8.36. The highest BCUT2D eigenvalue weighted by Crippen LogP contribution is 2.44. The quantitative estimate of drug-likeness (QED) is 0.695. The van der Waals surface area contributed by atoms with Crippen molar-refractivity contribution >= 4 is 33.3 Å². The molecule has 0 spiro atoms. The molecule has 7 nitrogen and oxygen atoms in total. The molecule has 1 N–H and O–H groups in total. The highest BCUT2D eigenvalue weighted by molar-refractivity contribution is 7.21. The molecule has 0 unspecified atom stereocenters. The number of carbonyl (C=O) groups is 1. The number of aromatic hydroxyl groups is 1. The fourth-order valence-electron chi connectivity index (χ4n) is 3.92. The Morgan fingerprint density at radius 3 is 2.37 bits per heavy atom. The van der Waals surface area contributed by atoms with Crippen LogP contribution < -0.4 is 4.90 Å². The first kappa shape index (κ1) is 19.3. The number of rotatable bonds is 3. The molecule has 2 saturated heterocycles. The number of fused-ring (bicyclic) bond motifs is 1. The van der Waals surface area contributed by atoms with Crippen LogP contribution >= 0.6 is 11.3 Å². The van der Waals surface area contributed by atoms with E-state index in [9.17, 15) is 9.90 Å². The summed E-state index contributed by atoms with van der Waals surface area (Å²) in [6.45, 7) is 4.97. The smallest absolute Gasteiger partial charge is 0.268 e. The van der Waals surface area contributed by atoms with Crippen LogP contribution in [0.2, 0.25) is 0 Å². The lowest BCUT2D eigenvalue weighted by molar-refractivity contribution is 0.0304. The number of morpholine rings is 2. The maximum absolute atomic E-state index is 13.1. The number of ether oxygens (including phenoxy) is 2. The van der Waals surface area contributed by atoms with E-state index in [1.807, 2.05) is 36.4 Å². The van der Waals surface area contributed by atoms with Gasteiger partial charge in [0.2, 0.25) is 0 Å². The molecule has 1 amide bonds. The molecule has 8 heteroatoms. The third-order valence-electron chi connectivity index (χ3n) is 5.54. The van der Waals surface area contributed by atoms with E-state index in [-0.39, 0.29) is 11.7 Å². The van der Waals surface area contributed by atoms with E-state index in [2.05, 4.69) is 4.90 Å². The Bertz CT molecular complexity index is 1060. The third-order valence-corrected chi connectivity index (χ3v) is 6.60. The maximum Gasteiger partial charge on any atom is 0.268 e. The average Bonchev–Trinajstić information content (AvgIpc) is 3.16. The van der Waals surface area contributed by atoms with Crippen LogP contribution in [-0.4, -0.2) is 73.5 Å². The van der Waals surface area contributed by atoms with E-state index in [0.717, 1.165) is 30.0 Å². The molecule has 2 aromatic heterocycles. The van der Waals surface area contributed by atoms with Gasteiger partial charge in [-0.15, -0.1) is 11.3 Å². The molecule has 2 fully saturated rings. The van der Waals surface area contributed by atoms with Gasteiger partial charge in [-0.2, -0.15) is 0 Å². The minimum Gasteiger partial charge on any atom is -0.505 e. The first-order valence-corrected chi connectivity index (χ1v) is 11.0. The van der Waals surface area contributed by atoms with Gasteiger partial charge in [0.05, 0.1) is 31.8 Å². The largest absolute Gasteiger partial charge is 0.505 e. The van der Waals surface area contributed by atoms with Crippen LogP contribution in [0.3, 0.4) is 0 Å². The number of hydrogen-bond acceptors (Lipinski definition) is 7. The number of nitrogens with zero attached hydrogens (tertiary/aromatic N) is 3. The molecular weight excluding hydrogens is 402 g/mol. The van der Waals surface area contributed by atoms with Gasteiger partial charge in [0.25, 0.3) is 5.91 Å². The molecule has 0 radical (unpaired) electrons. The van der Waals surface area contributed by atoms with E-state index in [1.54, 1.807) is 4.90 Å². The summed E-state index contributed by atoms with van der Waals surface area (Å²) in [6, 6.07) is 11.9. The van der Waals surface area contributed by atoms with E-state index in [0.29, 0.717) is 54.6 Å². The van der Waals surface area contributed by atoms with Crippen molar-refractivity contribution in [3.63, 3.8) is 0 Å². The summed E-state index contributed by atoms with van der Waals surface area (Å²) in [5.41, 5.74) is 1.87. The number of aromatic nitrogens is 1. The first-order chi connectivity index (χ1) is 14.7. The number of benzene rings is 1.